The van der Waals surface area contributed by atoms with Crippen molar-refractivity contribution in [2.45, 2.75) is 4.90 Å². The van der Waals surface area contributed by atoms with E-state index in [-0.39, 0.29) is 21.2 Å². The largest absolute Gasteiger partial charge is 0.321 e. The van der Waals surface area contributed by atoms with Crippen LogP contribution in [0.5, 0.6) is 0 Å². The van der Waals surface area contributed by atoms with Gasteiger partial charge in [-0.3, -0.25) is 4.79 Å². The lowest BCUT2D eigenvalue weighted by Gasteiger charge is -2.09. The Bertz CT molecular complexity index is 792. The Morgan fingerprint density at radius 3 is 2.33 bits per heavy atom. The average molecular weight is 329 g/mol. The molecule has 0 aliphatic heterocycles. The summed E-state index contributed by atoms with van der Waals surface area (Å²) in [6.07, 6.45) is 0. The molecule has 0 saturated heterocycles. The SMILES string of the molecule is NS(=O)(=O)c1ccc(Cl)c(NC(=O)c2ccc(F)cc2)c1. The molecule has 0 fully saturated rings. The molecule has 2 rings (SSSR count). The fourth-order valence-corrected chi connectivity index (χ4v) is 2.28. The molecule has 0 saturated carbocycles. The highest BCUT2D eigenvalue weighted by atomic mass is 35.5. The number of amides is 1. The summed E-state index contributed by atoms with van der Waals surface area (Å²) in [6.45, 7) is 0. The molecule has 8 heteroatoms. The standard InChI is InChI=1S/C13H10ClFN2O3S/c14-11-6-5-10(21(16,19)20)7-12(11)17-13(18)8-1-3-9(15)4-2-8/h1-7H,(H,17,18)(H2,16,19,20). The number of hydrogen-bond acceptors (Lipinski definition) is 3. The van der Waals surface area contributed by atoms with Gasteiger partial charge in [-0.2, -0.15) is 0 Å². The van der Waals surface area contributed by atoms with Crippen LogP contribution in [0.25, 0.3) is 0 Å². The van der Waals surface area contributed by atoms with E-state index in [1.165, 1.54) is 24.3 Å². The zero-order valence-electron chi connectivity index (χ0n) is 10.5. The van der Waals surface area contributed by atoms with E-state index >= 15 is 0 Å². The maximum Gasteiger partial charge on any atom is 0.255 e. The number of halogens is 2. The van der Waals surface area contributed by atoms with E-state index in [9.17, 15) is 17.6 Å². The summed E-state index contributed by atoms with van der Waals surface area (Å²) in [5.41, 5.74) is 0.297. The number of carbonyl (C=O) groups is 1. The number of primary sulfonamides is 1. The monoisotopic (exact) mass is 328 g/mol. The van der Waals surface area contributed by atoms with Crippen LogP contribution in [0.2, 0.25) is 5.02 Å². The second-order valence-corrected chi connectivity index (χ2v) is 6.12. The number of hydrogen-bond donors (Lipinski definition) is 2. The van der Waals surface area contributed by atoms with Crippen molar-refractivity contribution < 1.29 is 17.6 Å². The average Bonchev–Trinajstić information content (AvgIpc) is 2.40. The summed E-state index contributed by atoms with van der Waals surface area (Å²) in [5.74, 6) is -1.02. The number of nitrogens with one attached hydrogen (secondary N) is 1. The van der Waals surface area contributed by atoms with Gasteiger partial charge in [-0.1, -0.05) is 11.6 Å². The van der Waals surface area contributed by atoms with E-state index in [4.69, 9.17) is 16.7 Å². The van der Waals surface area contributed by atoms with Crippen LogP contribution in [0.3, 0.4) is 0 Å². The van der Waals surface area contributed by atoms with Gasteiger partial charge in [0.25, 0.3) is 5.91 Å². The number of nitrogens with two attached hydrogens (primary N) is 1. The van der Waals surface area contributed by atoms with Crippen LogP contribution in [0, 0.1) is 5.82 Å². The lowest BCUT2D eigenvalue weighted by atomic mass is 10.2. The minimum atomic E-state index is -3.91. The summed E-state index contributed by atoms with van der Waals surface area (Å²) >= 11 is 5.89. The number of benzene rings is 2. The van der Waals surface area contributed by atoms with Crippen molar-refractivity contribution in [1.82, 2.24) is 0 Å². The van der Waals surface area contributed by atoms with Crippen LogP contribution < -0.4 is 10.5 Å². The molecule has 21 heavy (non-hydrogen) atoms. The predicted molar refractivity (Wildman–Crippen MR) is 77.2 cm³/mol. The first kappa shape index (κ1) is 15.4. The highest BCUT2D eigenvalue weighted by Gasteiger charge is 2.13. The quantitative estimate of drug-likeness (QED) is 0.906. The third-order valence-electron chi connectivity index (χ3n) is 2.62. The van der Waals surface area contributed by atoms with Crippen LogP contribution in [-0.2, 0) is 10.0 Å². The zero-order valence-corrected chi connectivity index (χ0v) is 12.1. The van der Waals surface area contributed by atoms with Crippen LogP contribution in [0.15, 0.2) is 47.4 Å². The first-order valence-corrected chi connectivity index (χ1v) is 7.59. The Balaban J connectivity index is 2.31. The Labute approximate surface area is 125 Å². The maximum absolute atomic E-state index is 12.8. The second-order valence-electron chi connectivity index (χ2n) is 4.15. The lowest BCUT2D eigenvalue weighted by molar-refractivity contribution is 0.102. The van der Waals surface area contributed by atoms with Gasteiger partial charge in [-0.05, 0) is 42.5 Å². The molecule has 0 bridgehead atoms. The lowest BCUT2D eigenvalue weighted by Crippen LogP contribution is -2.15. The maximum atomic E-state index is 12.8. The van der Waals surface area contributed by atoms with Crippen molar-refractivity contribution in [1.29, 1.82) is 0 Å². The van der Waals surface area contributed by atoms with Crippen molar-refractivity contribution in [3.63, 3.8) is 0 Å². The molecule has 0 heterocycles. The van der Waals surface area contributed by atoms with E-state index in [2.05, 4.69) is 5.32 Å². The molecule has 2 aromatic carbocycles. The molecule has 0 unspecified atom stereocenters. The molecule has 0 aliphatic carbocycles. The van der Waals surface area contributed by atoms with Crippen LogP contribution in [0.4, 0.5) is 10.1 Å². The Kier molecular flexibility index (Phi) is 4.26. The fraction of sp³-hybridized carbons (Fsp3) is 0. The molecular weight excluding hydrogens is 319 g/mol. The Hall–Kier alpha value is -1.96. The van der Waals surface area contributed by atoms with Crippen molar-refractivity contribution in [2.24, 2.45) is 5.14 Å². The van der Waals surface area contributed by atoms with E-state index in [1.54, 1.807) is 0 Å². The molecule has 5 nitrogen and oxygen atoms in total. The highest BCUT2D eigenvalue weighted by Crippen LogP contribution is 2.25. The van der Waals surface area contributed by atoms with E-state index in [0.717, 1.165) is 18.2 Å². The molecule has 0 aliphatic rings. The topological polar surface area (TPSA) is 89.3 Å². The first-order valence-electron chi connectivity index (χ1n) is 5.66. The minimum absolute atomic E-state index is 0.0949. The van der Waals surface area contributed by atoms with E-state index in [0.29, 0.717) is 0 Å². The second kappa shape index (κ2) is 5.80. The number of sulfonamides is 1. The molecule has 3 N–H and O–H groups in total. The third kappa shape index (κ3) is 3.78. The van der Waals surface area contributed by atoms with Gasteiger partial charge in [0.2, 0.25) is 10.0 Å². The predicted octanol–water partition coefficient (Wildman–Crippen LogP) is 2.38. The van der Waals surface area contributed by atoms with Crippen molar-refractivity contribution >= 4 is 33.2 Å². The summed E-state index contributed by atoms with van der Waals surface area (Å²) in [5, 5.41) is 7.60. The molecule has 0 aromatic heterocycles. The summed E-state index contributed by atoms with van der Waals surface area (Å²) in [4.78, 5) is 11.8. The van der Waals surface area contributed by atoms with Gasteiger partial charge in [-0.25, -0.2) is 17.9 Å². The summed E-state index contributed by atoms with van der Waals surface area (Å²) in [6, 6.07) is 8.55. The number of rotatable bonds is 3. The summed E-state index contributed by atoms with van der Waals surface area (Å²) < 4.78 is 35.3. The van der Waals surface area contributed by atoms with Crippen LogP contribution in [0.1, 0.15) is 10.4 Å². The minimum Gasteiger partial charge on any atom is -0.321 e. The molecular formula is C13H10ClFN2O3S. The Morgan fingerprint density at radius 1 is 1.14 bits per heavy atom. The van der Waals surface area contributed by atoms with Gasteiger partial charge in [0.15, 0.2) is 0 Å². The van der Waals surface area contributed by atoms with Crippen LogP contribution in [-0.4, -0.2) is 14.3 Å². The zero-order chi connectivity index (χ0) is 15.6. The van der Waals surface area contributed by atoms with Gasteiger partial charge < -0.3 is 5.32 Å². The van der Waals surface area contributed by atoms with Gasteiger partial charge >= 0.3 is 0 Å². The molecule has 0 atom stereocenters. The van der Waals surface area contributed by atoms with Gasteiger partial charge in [-0.15, -0.1) is 0 Å². The molecule has 1 amide bonds. The molecule has 2 aromatic rings. The molecule has 0 radical (unpaired) electrons. The normalized spacial score (nSPS) is 11.2. The number of anilines is 1. The van der Waals surface area contributed by atoms with Crippen molar-refractivity contribution in [2.75, 3.05) is 5.32 Å². The number of carbonyl (C=O) groups excluding carboxylic acids is 1. The highest BCUT2D eigenvalue weighted by molar-refractivity contribution is 7.89. The van der Waals surface area contributed by atoms with Gasteiger partial charge in [0, 0.05) is 5.56 Å². The summed E-state index contributed by atoms with van der Waals surface area (Å²) in [7, 11) is -3.91. The third-order valence-corrected chi connectivity index (χ3v) is 3.86. The first-order chi connectivity index (χ1) is 9.77. The molecule has 0 spiro atoms. The van der Waals surface area contributed by atoms with Crippen molar-refractivity contribution in [3.8, 4) is 0 Å². The van der Waals surface area contributed by atoms with Gasteiger partial charge in [0.05, 0.1) is 15.6 Å². The van der Waals surface area contributed by atoms with Crippen molar-refractivity contribution in [3.05, 3.63) is 58.9 Å². The smallest absolute Gasteiger partial charge is 0.255 e. The van der Waals surface area contributed by atoms with Crippen LogP contribution >= 0.6 is 11.6 Å². The fourth-order valence-electron chi connectivity index (χ4n) is 1.57. The van der Waals surface area contributed by atoms with E-state index < -0.39 is 21.7 Å². The molecule has 110 valence electrons. The Morgan fingerprint density at radius 2 is 1.76 bits per heavy atom. The van der Waals surface area contributed by atoms with E-state index in [1.807, 2.05) is 0 Å². The van der Waals surface area contributed by atoms with Gasteiger partial charge in [0.1, 0.15) is 5.82 Å².